The van der Waals surface area contributed by atoms with Gasteiger partial charge in [-0.2, -0.15) is 0 Å². The van der Waals surface area contributed by atoms with E-state index >= 15 is 0 Å². The number of phenols is 2. The Morgan fingerprint density at radius 3 is 1.38 bits per heavy atom. The summed E-state index contributed by atoms with van der Waals surface area (Å²) in [5, 5.41) is 27.2. The standard InChI is InChI=1S/C49H47N3O9/c1-58-44(54)27-60-48-31-9-3-11-33(48)19-39-23-36(30-8-6-14-42(26-30)52-43(53)15-16-50)24-40(47(39)57)20-34-12-4-10-32(49(34)61-28-45(55)59-2)18-38-22-35(21-37(17-31)46(38)56)29-7-5-13-41(51)25-29/h3-14,21-26,56-57H,15-20,27-28,50-51H2,1-2H3,(H,52,53). The molecule has 0 spiro atoms. The van der Waals surface area contributed by atoms with Crippen LogP contribution in [0.1, 0.15) is 50.9 Å². The highest BCUT2D eigenvalue weighted by molar-refractivity contribution is 5.91. The van der Waals surface area contributed by atoms with Crippen LogP contribution in [-0.4, -0.2) is 62.0 Å². The number of ether oxygens (including phenoxy) is 4. The molecule has 7 N–H and O–H groups in total. The Morgan fingerprint density at radius 2 is 0.967 bits per heavy atom. The lowest BCUT2D eigenvalue weighted by Gasteiger charge is -2.21. The van der Waals surface area contributed by atoms with Crippen LogP contribution in [-0.2, 0) is 49.5 Å². The number of aromatic hydroxyl groups is 2. The number of hydrogen-bond donors (Lipinski definition) is 5. The summed E-state index contributed by atoms with van der Waals surface area (Å²) in [4.78, 5) is 37.5. The lowest BCUT2D eigenvalue weighted by Crippen LogP contribution is -2.16. The van der Waals surface area contributed by atoms with Crippen LogP contribution < -0.4 is 26.3 Å². The van der Waals surface area contributed by atoms with Gasteiger partial charge in [-0.1, -0.05) is 60.7 Å². The summed E-state index contributed by atoms with van der Waals surface area (Å²) in [5.41, 5.74) is 21.2. The van der Waals surface area contributed by atoms with Crippen LogP contribution >= 0.6 is 0 Å². The molecule has 0 saturated heterocycles. The maximum atomic E-state index is 12.5. The minimum atomic E-state index is -0.575. The van der Waals surface area contributed by atoms with Gasteiger partial charge in [-0.3, -0.25) is 4.79 Å². The van der Waals surface area contributed by atoms with Gasteiger partial charge in [-0.15, -0.1) is 0 Å². The van der Waals surface area contributed by atoms with Gasteiger partial charge >= 0.3 is 11.9 Å². The van der Waals surface area contributed by atoms with Crippen molar-refractivity contribution < 1.29 is 43.5 Å². The van der Waals surface area contributed by atoms with Gasteiger partial charge < -0.3 is 45.9 Å². The van der Waals surface area contributed by atoms with Gasteiger partial charge in [0.25, 0.3) is 0 Å². The van der Waals surface area contributed by atoms with Gasteiger partial charge in [0.05, 0.1) is 14.2 Å². The summed E-state index contributed by atoms with van der Waals surface area (Å²) in [6.07, 6.45) is 0.924. The fourth-order valence-electron chi connectivity index (χ4n) is 7.65. The number of nitrogens with two attached hydrogens (primary N) is 2. The number of nitrogens with one attached hydrogen (secondary N) is 1. The summed E-state index contributed by atoms with van der Waals surface area (Å²) in [6, 6.07) is 33.7. The van der Waals surface area contributed by atoms with Crippen LogP contribution in [0.25, 0.3) is 22.3 Å². The predicted octanol–water partition coefficient (Wildman–Crippen LogP) is 7.08. The van der Waals surface area contributed by atoms with E-state index in [-0.39, 0.29) is 69.3 Å². The topological polar surface area (TPSA) is 193 Å². The fraction of sp³-hybridized carbons (Fsp3) is 0.204. The van der Waals surface area contributed by atoms with Crippen molar-refractivity contribution in [2.75, 3.05) is 45.0 Å². The second kappa shape index (κ2) is 18.7. The van der Waals surface area contributed by atoms with E-state index in [9.17, 15) is 24.6 Å². The second-order valence-electron chi connectivity index (χ2n) is 14.8. The molecule has 0 aliphatic heterocycles. The van der Waals surface area contributed by atoms with E-state index in [4.69, 9.17) is 30.4 Å². The van der Waals surface area contributed by atoms with Crippen LogP contribution in [0.4, 0.5) is 11.4 Å². The summed E-state index contributed by atoms with van der Waals surface area (Å²) >= 11 is 0. The third kappa shape index (κ3) is 9.77. The normalized spacial score (nSPS) is 11.9. The van der Waals surface area contributed by atoms with Crippen molar-refractivity contribution >= 4 is 29.2 Å². The van der Waals surface area contributed by atoms with Crippen LogP contribution in [0.15, 0.2) is 109 Å². The molecule has 1 amide bonds. The van der Waals surface area contributed by atoms with Crippen LogP contribution in [0.5, 0.6) is 23.0 Å². The molecule has 312 valence electrons. The molecule has 0 atom stereocenters. The van der Waals surface area contributed by atoms with E-state index in [1.54, 1.807) is 12.1 Å². The Hall–Kier alpha value is -7.31. The number of esters is 2. The van der Waals surface area contributed by atoms with Crippen molar-refractivity contribution in [1.82, 2.24) is 0 Å². The molecule has 1 aliphatic carbocycles. The van der Waals surface area contributed by atoms with Crippen molar-refractivity contribution in [3.8, 4) is 45.3 Å². The number of phenolic OH excluding ortho intramolecular Hbond substituents is 2. The van der Waals surface area contributed by atoms with E-state index in [1.807, 2.05) is 97.1 Å². The number of methoxy groups -OCH3 is 2. The molecule has 0 fully saturated rings. The Labute approximate surface area is 353 Å². The Bertz CT molecular complexity index is 2500. The van der Waals surface area contributed by atoms with Gasteiger partial charge in [-0.05, 0) is 115 Å². The number of carbonyl (C=O) groups is 3. The van der Waals surface area contributed by atoms with Crippen molar-refractivity contribution in [3.05, 3.63) is 154 Å². The fourth-order valence-corrected chi connectivity index (χ4v) is 7.65. The van der Waals surface area contributed by atoms with Gasteiger partial charge in [0.2, 0.25) is 5.91 Å². The first kappa shape index (κ1) is 41.8. The third-order valence-corrected chi connectivity index (χ3v) is 10.6. The average molecular weight is 822 g/mol. The maximum absolute atomic E-state index is 12.5. The summed E-state index contributed by atoms with van der Waals surface area (Å²) in [7, 11) is 2.57. The number of nitrogen functional groups attached to an aromatic ring is 1. The molecule has 61 heavy (non-hydrogen) atoms. The SMILES string of the molecule is COC(=O)COc1c2cccc1Cc1cc(-c3cccc(NC(=O)CCN)c3)cc(c1O)Cc1cccc(c1OCC(=O)OC)Cc1cc(-c3cccc(N)c3)cc(c1O)C2. The number of carbonyl (C=O) groups excluding carboxylic acids is 3. The first-order valence-corrected chi connectivity index (χ1v) is 19.8. The lowest BCUT2D eigenvalue weighted by molar-refractivity contribution is -0.143. The third-order valence-electron chi connectivity index (χ3n) is 10.6. The zero-order chi connectivity index (χ0) is 43.0. The number of benzene rings is 6. The highest BCUT2D eigenvalue weighted by Gasteiger charge is 2.23. The van der Waals surface area contributed by atoms with Crippen molar-refractivity contribution in [3.63, 3.8) is 0 Å². The van der Waals surface area contributed by atoms with Crippen molar-refractivity contribution in [2.24, 2.45) is 5.73 Å². The van der Waals surface area contributed by atoms with E-state index < -0.39 is 11.9 Å². The predicted molar refractivity (Wildman–Crippen MR) is 233 cm³/mol. The van der Waals surface area contributed by atoms with Crippen LogP contribution in [0.3, 0.4) is 0 Å². The zero-order valence-corrected chi connectivity index (χ0v) is 34.0. The molecular formula is C49H47N3O9. The van der Waals surface area contributed by atoms with E-state index in [2.05, 4.69) is 5.32 Å². The number of amides is 1. The van der Waals surface area contributed by atoms with Crippen LogP contribution in [0, 0.1) is 0 Å². The van der Waals surface area contributed by atoms with E-state index in [0.29, 0.717) is 67.4 Å². The molecule has 0 unspecified atom stereocenters. The number of anilines is 2. The molecule has 12 nitrogen and oxygen atoms in total. The van der Waals surface area contributed by atoms with Gasteiger partial charge in [0.15, 0.2) is 13.2 Å². The molecule has 7 rings (SSSR count). The molecule has 8 bridgehead atoms. The van der Waals surface area contributed by atoms with Gasteiger partial charge in [0, 0.05) is 50.0 Å². The number of rotatable bonds is 11. The number of fused-ring (bicyclic) bond motifs is 8. The molecule has 1 aliphatic rings. The molecular weight excluding hydrogens is 775 g/mol. The summed E-state index contributed by atoms with van der Waals surface area (Å²) in [6.45, 7) is -0.527. The number of para-hydroxylation sites is 2. The molecule has 0 heterocycles. The van der Waals surface area contributed by atoms with E-state index in [1.165, 1.54) is 14.2 Å². The first-order valence-electron chi connectivity index (χ1n) is 19.8. The minimum Gasteiger partial charge on any atom is -0.507 e. The van der Waals surface area contributed by atoms with Gasteiger partial charge in [-0.25, -0.2) is 9.59 Å². The van der Waals surface area contributed by atoms with Crippen molar-refractivity contribution in [1.29, 1.82) is 0 Å². The van der Waals surface area contributed by atoms with Crippen molar-refractivity contribution in [2.45, 2.75) is 32.1 Å². The largest absolute Gasteiger partial charge is 0.507 e. The van der Waals surface area contributed by atoms with Gasteiger partial charge in [0.1, 0.15) is 23.0 Å². The minimum absolute atomic E-state index is 0.0338. The second-order valence-corrected chi connectivity index (χ2v) is 14.8. The summed E-state index contributed by atoms with van der Waals surface area (Å²) < 4.78 is 22.4. The quantitative estimate of drug-likeness (QED) is 0.0662. The summed E-state index contributed by atoms with van der Waals surface area (Å²) in [5.74, 6) is -0.444. The Morgan fingerprint density at radius 1 is 0.557 bits per heavy atom. The molecule has 12 heteroatoms. The molecule has 0 radical (unpaired) electrons. The molecule has 0 aromatic heterocycles. The monoisotopic (exact) mass is 821 g/mol. The molecule has 6 aromatic carbocycles. The number of hydrogen-bond acceptors (Lipinski definition) is 11. The van der Waals surface area contributed by atoms with Crippen LogP contribution in [0.2, 0.25) is 0 Å². The Balaban J connectivity index is 1.46. The highest BCUT2D eigenvalue weighted by atomic mass is 16.6. The average Bonchev–Trinajstić information content (AvgIpc) is 3.25. The zero-order valence-electron chi connectivity index (χ0n) is 34.0. The molecule has 0 saturated carbocycles. The smallest absolute Gasteiger partial charge is 0.343 e. The molecule has 6 aromatic rings. The van der Waals surface area contributed by atoms with E-state index in [0.717, 1.165) is 22.3 Å². The highest BCUT2D eigenvalue weighted by Crippen LogP contribution is 2.41. The maximum Gasteiger partial charge on any atom is 0.343 e. The first-order chi connectivity index (χ1) is 29.5. The Kier molecular flexibility index (Phi) is 12.8. The lowest BCUT2D eigenvalue weighted by atomic mass is 9.88.